The Kier molecular flexibility index (Phi) is 3.17. The van der Waals surface area contributed by atoms with Gasteiger partial charge in [-0.2, -0.15) is 0 Å². The second kappa shape index (κ2) is 3.96. The molecule has 0 unspecified atom stereocenters. The van der Waals surface area contributed by atoms with Crippen LogP contribution in [0, 0.1) is 0 Å². The predicted molar refractivity (Wildman–Crippen MR) is 47.1 cm³/mol. The van der Waals surface area contributed by atoms with Crippen molar-refractivity contribution in [2.45, 2.75) is 0 Å². The van der Waals surface area contributed by atoms with E-state index in [9.17, 15) is 0 Å². The standard InChI is InChI=1S/C6H3BrO.HO3P/c7-5-3-4-1-2-6(5)8-4;1-4(2)3/h1-3H;(H-,1,2,3)/p+1. The van der Waals surface area contributed by atoms with Crippen LogP contribution in [0.1, 0.15) is 0 Å². The second-order valence-corrected chi connectivity index (χ2v) is 3.31. The number of furan rings is 2. The van der Waals surface area contributed by atoms with Gasteiger partial charge in [0, 0.05) is 4.57 Å². The lowest BCUT2D eigenvalue weighted by Gasteiger charge is -1.73. The predicted octanol–water partition coefficient (Wildman–Crippen LogP) is 2.26. The minimum Gasteiger partial charge on any atom is -0.456 e. The van der Waals surface area contributed by atoms with Gasteiger partial charge in [0.1, 0.15) is 11.2 Å². The fourth-order valence-electron chi connectivity index (χ4n) is 0.755. The van der Waals surface area contributed by atoms with Gasteiger partial charge in [0.15, 0.2) is 0 Å². The first-order valence-electron chi connectivity index (χ1n) is 2.92. The Morgan fingerprint density at radius 3 is 2.17 bits per heavy atom. The average Bonchev–Trinajstić information content (AvgIpc) is 2.44. The molecule has 0 aliphatic rings. The Labute approximate surface area is 77.2 Å². The molecule has 0 spiro atoms. The number of fused-ring (bicyclic) bond motifs is 2. The number of rotatable bonds is 0. The van der Waals surface area contributed by atoms with Crippen LogP contribution in [-0.4, -0.2) is 9.79 Å². The summed E-state index contributed by atoms with van der Waals surface area (Å²) in [7, 11) is -2.87. The smallest absolute Gasteiger partial charge is 0.456 e. The number of hydrogen-bond acceptors (Lipinski definition) is 2. The zero-order chi connectivity index (χ0) is 9.14. The molecule has 0 radical (unpaired) electrons. The van der Waals surface area contributed by atoms with Gasteiger partial charge in [-0.05, 0) is 34.1 Å². The SMILES string of the molecule is Brc1cc2ccc1o2.O=[P+](O)O. The van der Waals surface area contributed by atoms with Crippen molar-refractivity contribution in [2.75, 3.05) is 0 Å². The van der Waals surface area contributed by atoms with E-state index in [0.29, 0.717) is 0 Å². The van der Waals surface area contributed by atoms with Crippen molar-refractivity contribution >= 4 is 35.4 Å². The first kappa shape index (κ1) is 9.61. The van der Waals surface area contributed by atoms with Crippen molar-refractivity contribution in [2.24, 2.45) is 0 Å². The fraction of sp³-hybridized carbons (Fsp3) is 0. The third-order valence-corrected chi connectivity index (χ3v) is 1.75. The maximum Gasteiger partial charge on any atom is 0.692 e. The molecule has 2 aromatic heterocycles. The molecule has 0 amide bonds. The molecule has 0 saturated heterocycles. The topological polar surface area (TPSA) is 70.7 Å². The van der Waals surface area contributed by atoms with Crippen molar-refractivity contribution in [3.05, 3.63) is 22.7 Å². The van der Waals surface area contributed by atoms with Crippen molar-refractivity contribution in [1.29, 1.82) is 0 Å². The van der Waals surface area contributed by atoms with E-state index in [2.05, 4.69) is 15.9 Å². The largest absolute Gasteiger partial charge is 0.692 e. The molecular weight excluding hydrogens is 247 g/mol. The Bertz CT molecular complexity index is 367. The minimum absolute atomic E-state index is 0.931. The summed E-state index contributed by atoms with van der Waals surface area (Å²) < 4.78 is 14.9. The molecule has 0 fully saturated rings. The molecule has 2 heterocycles. The second-order valence-electron chi connectivity index (χ2n) is 1.95. The summed E-state index contributed by atoms with van der Waals surface area (Å²) in [6.07, 6.45) is 0. The molecule has 0 aliphatic heterocycles. The maximum atomic E-state index is 8.70. The highest BCUT2D eigenvalue weighted by Crippen LogP contribution is 2.26. The molecule has 2 bridgehead atoms. The summed E-state index contributed by atoms with van der Waals surface area (Å²) in [6, 6.07) is 5.84. The maximum absolute atomic E-state index is 8.70. The Morgan fingerprint density at radius 1 is 1.42 bits per heavy atom. The van der Waals surface area contributed by atoms with Crippen molar-refractivity contribution in [1.82, 2.24) is 0 Å². The van der Waals surface area contributed by atoms with Gasteiger partial charge in [-0.1, -0.05) is 0 Å². The molecule has 4 nitrogen and oxygen atoms in total. The van der Waals surface area contributed by atoms with Crippen LogP contribution in [-0.2, 0) is 4.57 Å². The minimum atomic E-state index is -2.87. The molecule has 2 N–H and O–H groups in total. The summed E-state index contributed by atoms with van der Waals surface area (Å²) in [5.41, 5.74) is 1.87. The molecule has 6 heteroatoms. The van der Waals surface area contributed by atoms with E-state index in [-0.39, 0.29) is 0 Å². The van der Waals surface area contributed by atoms with E-state index >= 15 is 0 Å². The molecule has 0 atom stereocenters. The van der Waals surface area contributed by atoms with Gasteiger partial charge in [0.05, 0.1) is 4.47 Å². The Balaban J connectivity index is 0.000000157. The van der Waals surface area contributed by atoms with Gasteiger partial charge in [0.25, 0.3) is 0 Å². The molecule has 0 saturated carbocycles. The first-order valence-corrected chi connectivity index (χ1v) is 4.88. The molecule has 2 rings (SSSR count). The van der Waals surface area contributed by atoms with Gasteiger partial charge >= 0.3 is 8.25 Å². The summed E-state index contributed by atoms with van der Waals surface area (Å²) in [5, 5.41) is 0. The highest BCUT2D eigenvalue weighted by molar-refractivity contribution is 9.10. The third-order valence-electron chi connectivity index (χ3n) is 1.13. The van der Waals surface area contributed by atoms with Crippen LogP contribution in [0.5, 0.6) is 0 Å². The van der Waals surface area contributed by atoms with Crippen LogP contribution < -0.4 is 0 Å². The number of hydrogen-bond donors (Lipinski definition) is 2. The lowest BCUT2D eigenvalue weighted by atomic mass is 10.4. The van der Waals surface area contributed by atoms with E-state index in [0.717, 1.165) is 15.6 Å². The lowest BCUT2D eigenvalue weighted by Crippen LogP contribution is -1.52. The normalized spacial score (nSPS) is 9.58. The van der Waals surface area contributed by atoms with Gasteiger partial charge in [-0.3, -0.25) is 0 Å². The third kappa shape index (κ3) is 2.53. The van der Waals surface area contributed by atoms with Crippen LogP contribution in [0.4, 0.5) is 0 Å². The molecule has 0 aliphatic carbocycles. The highest BCUT2D eigenvalue weighted by atomic mass is 79.9. The molecule has 12 heavy (non-hydrogen) atoms. The van der Waals surface area contributed by atoms with Crippen LogP contribution in [0.15, 0.2) is 27.1 Å². The zero-order valence-corrected chi connectivity index (χ0v) is 8.25. The monoisotopic (exact) mass is 251 g/mol. The highest BCUT2D eigenvalue weighted by Gasteiger charge is 2.00. The molecule has 2 aromatic rings. The Morgan fingerprint density at radius 2 is 2.00 bits per heavy atom. The quantitative estimate of drug-likeness (QED) is 0.705. The van der Waals surface area contributed by atoms with E-state index in [1.807, 2.05) is 18.2 Å². The van der Waals surface area contributed by atoms with Gasteiger partial charge in [-0.25, -0.2) is 0 Å². The van der Waals surface area contributed by atoms with Gasteiger partial charge < -0.3 is 4.42 Å². The van der Waals surface area contributed by atoms with Crippen LogP contribution in [0.25, 0.3) is 11.2 Å². The summed E-state index contributed by atoms with van der Waals surface area (Å²) in [5.74, 6) is 0. The number of benzene rings is 1. The fourth-order valence-corrected chi connectivity index (χ4v) is 1.19. The Hall–Kier alpha value is -0.480. The summed E-state index contributed by atoms with van der Waals surface area (Å²) >= 11 is 3.32. The van der Waals surface area contributed by atoms with E-state index in [1.54, 1.807) is 0 Å². The number of halogens is 1. The van der Waals surface area contributed by atoms with Crippen LogP contribution >= 0.6 is 24.2 Å². The van der Waals surface area contributed by atoms with E-state index in [1.165, 1.54) is 0 Å². The lowest BCUT2D eigenvalue weighted by molar-refractivity contribution is 0.405. The van der Waals surface area contributed by atoms with Crippen LogP contribution in [0.3, 0.4) is 0 Å². The summed E-state index contributed by atoms with van der Waals surface area (Å²) in [6.45, 7) is 0. The van der Waals surface area contributed by atoms with Gasteiger partial charge in [-0.15, -0.1) is 9.79 Å². The molecule has 64 valence electrons. The van der Waals surface area contributed by atoms with E-state index in [4.69, 9.17) is 18.8 Å². The van der Waals surface area contributed by atoms with Crippen molar-refractivity contribution in [3.8, 4) is 0 Å². The van der Waals surface area contributed by atoms with Crippen molar-refractivity contribution in [3.63, 3.8) is 0 Å². The molecule has 0 aromatic carbocycles. The first-order chi connectivity index (χ1) is 5.59. The summed E-state index contributed by atoms with van der Waals surface area (Å²) in [4.78, 5) is 14.2. The molecular formula is C6H5BrO4P+. The average molecular weight is 252 g/mol. The van der Waals surface area contributed by atoms with Crippen LogP contribution in [0.2, 0.25) is 0 Å². The zero-order valence-electron chi connectivity index (χ0n) is 5.77. The van der Waals surface area contributed by atoms with Crippen molar-refractivity contribution < 1.29 is 18.8 Å². The van der Waals surface area contributed by atoms with E-state index < -0.39 is 8.25 Å². The van der Waals surface area contributed by atoms with Gasteiger partial charge in [0.2, 0.25) is 0 Å².